The lowest BCUT2D eigenvalue weighted by atomic mass is 9.77. The Kier molecular flexibility index (Phi) is 3.61. The Labute approximate surface area is 124 Å². The third-order valence-electron chi connectivity index (χ3n) is 4.07. The summed E-state index contributed by atoms with van der Waals surface area (Å²) in [5.41, 5.74) is 0.315. The van der Waals surface area contributed by atoms with E-state index in [1.807, 2.05) is 23.9 Å². The number of rotatable bonds is 5. The zero-order chi connectivity index (χ0) is 15.0. The van der Waals surface area contributed by atoms with Crippen LogP contribution in [0.15, 0.2) is 18.5 Å². The number of aromatic nitrogens is 3. The fourth-order valence-electron chi connectivity index (χ4n) is 2.81. The predicted octanol–water partition coefficient (Wildman–Crippen LogP) is 2.94. The van der Waals surface area contributed by atoms with Crippen LogP contribution in [-0.2, 0) is 0 Å². The molecule has 2 aromatic rings. The Hall–Kier alpha value is -1.62. The zero-order valence-electron chi connectivity index (χ0n) is 12.9. The molecule has 0 atom stereocenters. The van der Waals surface area contributed by atoms with E-state index >= 15 is 0 Å². The Morgan fingerprint density at radius 1 is 1.43 bits per heavy atom. The second kappa shape index (κ2) is 5.30. The van der Waals surface area contributed by atoms with Gasteiger partial charge in [-0.1, -0.05) is 13.8 Å². The average Bonchev–Trinajstić information content (AvgIpc) is 2.78. The first-order valence-corrected chi connectivity index (χ1v) is 7.63. The maximum atomic E-state index is 9.86. The SMILES string of the molecule is CC(C)CCOc1cnc2c(cnn2[C@H]2C[C@](C)(O)C2)c1. The summed E-state index contributed by atoms with van der Waals surface area (Å²) in [6.45, 7) is 6.94. The highest BCUT2D eigenvalue weighted by atomic mass is 16.5. The maximum absolute atomic E-state index is 9.86. The summed E-state index contributed by atoms with van der Waals surface area (Å²) in [6.07, 6.45) is 6.09. The van der Waals surface area contributed by atoms with Gasteiger partial charge in [-0.25, -0.2) is 9.67 Å². The summed E-state index contributed by atoms with van der Waals surface area (Å²) in [7, 11) is 0. The van der Waals surface area contributed by atoms with Crippen molar-refractivity contribution in [1.29, 1.82) is 0 Å². The molecule has 5 nitrogen and oxygen atoms in total. The molecule has 3 rings (SSSR count). The second-order valence-corrected chi connectivity index (χ2v) is 6.76. The van der Waals surface area contributed by atoms with Crippen molar-refractivity contribution in [3.63, 3.8) is 0 Å². The highest BCUT2D eigenvalue weighted by Gasteiger charge is 2.40. The largest absolute Gasteiger partial charge is 0.492 e. The smallest absolute Gasteiger partial charge is 0.158 e. The summed E-state index contributed by atoms with van der Waals surface area (Å²) >= 11 is 0. The molecule has 1 saturated carbocycles. The summed E-state index contributed by atoms with van der Waals surface area (Å²) in [5.74, 6) is 1.43. The molecular weight excluding hydrogens is 266 g/mol. The van der Waals surface area contributed by atoms with Crippen molar-refractivity contribution < 1.29 is 9.84 Å². The molecule has 0 amide bonds. The van der Waals surface area contributed by atoms with Crippen LogP contribution in [-0.4, -0.2) is 32.1 Å². The van der Waals surface area contributed by atoms with E-state index in [4.69, 9.17) is 4.74 Å². The molecule has 0 aliphatic heterocycles. The summed E-state index contributed by atoms with van der Waals surface area (Å²) in [6, 6.07) is 2.24. The van der Waals surface area contributed by atoms with Crippen LogP contribution in [0.25, 0.3) is 11.0 Å². The fraction of sp³-hybridized carbons (Fsp3) is 0.625. The molecule has 2 aromatic heterocycles. The standard InChI is InChI=1S/C16H23N3O2/c1-11(2)4-5-21-14-6-12-9-18-19(15(12)17-10-14)13-7-16(3,20)8-13/h6,9-11,13,20H,4-5,7-8H2,1-3H3/t13-,16-. The number of ether oxygens (including phenoxy) is 1. The fourth-order valence-corrected chi connectivity index (χ4v) is 2.81. The van der Waals surface area contributed by atoms with E-state index in [9.17, 15) is 5.11 Å². The van der Waals surface area contributed by atoms with Crippen molar-refractivity contribution in [2.45, 2.75) is 51.7 Å². The lowest BCUT2D eigenvalue weighted by Gasteiger charge is -2.40. The Morgan fingerprint density at radius 2 is 2.19 bits per heavy atom. The van der Waals surface area contributed by atoms with Crippen molar-refractivity contribution in [2.75, 3.05) is 6.61 Å². The quantitative estimate of drug-likeness (QED) is 0.919. The second-order valence-electron chi connectivity index (χ2n) is 6.76. The minimum atomic E-state index is -0.553. The molecule has 0 radical (unpaired) electrons. The summed E-state index contributed by atoms with van der Waals surface area (Å²) in [4.78, 5) is 4.48. The van der Waals surface area contributed by atoms with E-state index in [0.717, 1.165) is 36.0 Å². The van der Waals surface area contributed by atoms with Crippen LogP contribution < -0.4 is 4.74 Å². The van der Waals surface area contributed by atoms with Gasteiger partial charge in [-0.15, -0.1) is 0 Å². The van der Waals surface area contributed by atoms with E-state index in [2.05, 4.69) is 23.9 Å². The summed E-state index contributed by atoms with van der Waals surface area (Å²) in [5, 5.41) is 15.3. The first kappa shape index (κ1) is 14.3. The number of aliphatic hydroxyl groups is 1. The van der Waals surface area contributed by atoms with Crippen molar-refractivity contribution in [3.05, 3.63) is 18.5 Å². The topological polar surface area (TPSA) is 60.2 Å². The van der Waals surface area contributed by atoms with Gasteiger partial charge in [-0.05, 0) is 38.2 Å². The molecule has 0 bridgehead atoms. The average molecular weight is 289 g/mol. The van der Waals surface area contributed by atoms with Crippen LogP contribution in [0.1, 0.15) is 46.1 Å². The number of hydrogen-bond acceptors (Lipinski definition) is 4. The van der Waals surface area contributed by atoms with Gasteiger partial charge < -0.3 is 9.84 Å². The third-order valence-corrected chi connectivity index (χ3v) is 4.07. The van der Waals surface area contributed by atoms with Gasteiger partial charge in [0.05, 0.1) is 30.6 Å². The molecule has 0 unspecified atom stereocenters. The van der Waals surface area contributed by atoms with Crippen LogP contribution in [0, 0.1) is 5.92 Å². The minimum Gasteiger partial charge on any atom is -0.492 e. The Morgan fingerprint density at radius 3 is 2.86 bits per heavy atom. The number of pyridine rings is 1. The van der Waals surface area contributed by atoms with Crippen LogP contribution in [0.5, 0.6) is 5.75 Å². The van der Waals surface area contributed by atoms with Crippen LogP contribution >= 0.6 is 0 Å². The molecule has 1 aliphatic carbocycles. The van der Waals surface area contributed by atoms with Crippen molar-refractivity contribution in [2.24, 2.45) is 5.92 Å². The van der Waals surface area contributed by atoms with E-state index in [0.29, 0.717) is 12.5 Å². The van der Waals surface area contributed by atoms with Gasteiger partial charge in [0.15, 0.2) is 5.65 Å². The monoisotopic (exact) mass is 289 g/mol. The molecule has 114 valence electrons. The molecule has 0 aromatic carbocycles. The van der Waals surface area contributed by atoms with Crippen molar-refractivity contribution >= 4 is 11.0 Å². The number of hydrogen-bond donors (Lipinski definition) is 1. The predicted molar refractivity (Wildman–Crippen MR) is 81.4 cm³/mol. The van der Waals surface area contributed by atoms with Crippen LogP contribution in [0.3, 0.4) is 0 Å². The lowest BCUT2D eigenvalue weighted by molar-refractivity contribution is -0.0531. The number of fused-ring (bicyclic) bond motifs is 1. The first-order valence-electron chi connectivity index (χ1n) is 7.63. The van der Waals surface area contributed by atoms with Crippen LogP contribution in [0.4, 0.5) is 0 Å². The van der Waals surface area contributed by atoms with Crippen molar-refractivity contribution in [1.82, 2.24) is 14.8 Å². The molecule has 5 heteroatoms. The molecule has 1 fully saturated rings. The molecule has 0 saturated heterocycles. The Bertz CT molecular complexity index is 625. The van der Waals surface area contributed by atoms with E-state index in [1.165, 1.54) is 0 Å². The minimum absolute atomic E-state index is 0.248. The van der Waals surface area contributed by atoms with Gasteiger partial charge in [0, 0.05) is 5.39 Å². The highest BCUT2D eigenvalue weighted by molar-refractivity contribution is 5.76. The molecule has 1 aliphatic rings. The molecular formula is C16H23N3O2. The van der Waals surface area contributed by atoms with E-state index in [-0.39, 0.29) is 6.04 Å². The molecule has 0 spiro atoms. The summed E-state index contributed by atoms with van der Waals surface area (Å²) < 4.78 is 7.65. The normalized spacial score (nSPS) is 25.3. The Balaban J connectivity index is 1.72. The van der Waals surface area contributed by atoms with Gasteiger partial charge >= 0.3 is 0 Å². The van der Waals surface area contributed by atoms with Gasteiger partial charge in [0.2, 0.25) is 0 Å². The first-order chi connectivity index (χ1) is 9.94. The highest BCUT2D eigenvalue weighted by Crippen LogP contribution is 2.41. The molecule has 2 heterocycles. The third kappa shape index (κ3) is 3.02. The molecule has 1 N–H and O–H groups in total. The van der Waals surface area contributed by atoms with Gasteiger partial charge in [0.25, 0.3) is 0 Å². The van der Waals surface area contributed by atoms with E-state index < -0.39 is 5.60 Å². The van der Waals surface area contributed by atoms with E-state index in [1.54, 1.807) is 6.20 Å². The van der Waals surface area contributed by atoms with Gasteiger partial charge in [0.1, 0.15) is 5.75 Å². The zero-order valence-corrected chi connectivity index (χ0v) is 12.9. The van der Waals surface area contributed by atoms with Crippen molar-refractivity contribution in [3.8, 4) is 5.75 Å². The molecule has 21 heavy (non-hydrogen) atoms. The number of nitrogens with zero attached hydrogens (tertiary/aromatic N) is 3. The maximum Gasteiger partial charge on any atom is 0.158 e. The lowest BCUT2D eigenvalue weighted by Crippen LogP contribution is -2.42. The van der Waals surface area contributed by atoms with Gasteiger partial charge in [-0.3, -0.25) is 0 Å². The van der Waals surface area contributed by atoms with Gasteiger partial charge in [-0.2, -0.15) is 5.10 Å². The van der Waals surface area contributed by atoms with Crippen LogP contribution in [0.2, 0.25) is 0 Å².